The number of benzene rings is 1. The first-order valence-electron chi connectivity index (χ1n) is 6.71. The summed E-state index contributed by atoms with van der Waals surface area (Å²) in [5, 5.41) is 0. The molecule has 1 amide bonds. The average molecular weight is 241 g/mol. The van der Waals surface area contributed by atoms with Crippen LogP contribution in [0.15, 0.2) is 36.4 Å². The Morgan fingerprint density at radius 2 is 2.00 bits per heavy atom. The lowest BCUT2D eigenvalue weighted by molar-refractivity contribution is -0.143. The van der Waals surface area contributed by atoms with Crippen molar-refractivity contribution in [3.05, 3.63) is 42.0 Å². The van der Waals surface area contributed by atoms with Gasteiger partial charge in [-0.1, -0.05) is 36.4 Å². The molecule has 94 valence electrons. The number of nitrogens with zero attached hydrogens (tertiary/aromatic N) is 1. The van der Waals surface area contributed by atoms with Crippen LogP contribution >= 0.6 is 0 Å². The summed E-state index contributed by atoms with van der Waals surface area (Å²) in [5.74, 6) is 0.343. The number of hydrogen-bond donors (Lipinski definition) is 0. The fourth-order valence-corrected chi connectivity index (χ4v) is 3.32. The normalized spacial score (nSPS) is 27.7. The van der Waals surface area contributed by atoms with Crippen molar-refractivity contribution in [2.24, 2.45) is 5.41 Å². The van der Waals surface area contributed by atoms with Gasteiger partial charge in [0.15, 0.2) is 0 Å². The van der Waals surface area contributed by atoms with Gasteiger partial charge in [-0.05, 0) is 36.8 Å². The lowest BCUT2D eigenvalue weighted by atomic mass is 9.76. The number of likely N-dealkylation sites (tertiary alicyclic amines) is 1. The zero-order valence-electron chi connectivity index (χ0n) is 10.9. The van der Waals surface area contributed by atoms with Crippen molar-refractivity contribution in [1.29, 1.82) is 0 Å². The maximum Gasteiger partial charge on any atom is 0.229 e. The van der Waals surface area contributed by atoms with E-state index in [9.17, 15) is 4.79 Å². The zero-order chi connectivity index (χ0) is 12.6. The topological polar surface area (TPSA) is 20.3 Å². The van der Waals surface area contributed by atoms with E-state index in [2.05, 4.69) is 30.3 Å². The number of allylic oxidation sites excluding steroid dienone is 2. The first-order chi connectivity index (χ1) is 8.71. The minimum Gasteiger partial charge on any atom is -0.345 e. The maximum atomic E-state index is 12.4. The van der Waals surface area contributed by atoms with Crippen molar-refractivity contribution in [2.75, 3.05) is 13.6 Å². The van der Waals surface area contributed by atoms with Gasteiger partial charge in [0, 0.05) is 13.6 Å². The van der Waals surface area contributed by atoms with Crippen molar-refractivity contribution >= 4 is 11.5 Å². The molecular weight excluding hydrogens is 222 g/mol. The zero-order valence-corrected chi connectivity index (χ0v) is 10.9. The van der Waals surface area contributed by atoms with Crippen LogP contribution in [0.1, 0.15) is 31.2 Å². The summed E-state index contributed by atoms with van der Waals surface area (Å²) in [6.07, 6.45) is 6.29. The number of rotatable bonds is 1. The molecule has 3 rings (SSSR count). The molecule has 1 fully saturated rings. The van der Waals surface area contributed by atoms with Crippen molar-refractivity contribution in [2.45, 2.75) is 25.7 Å². The molecule has 0 N–H and O–H groups in total. The SMILES string of the molecule is CN1CCCC2(CC=C(c3ccccc3)C2)C1=O. The maximum absolute atomic E-state index is 12.4. The van der Waals surface area contributed by atoms with E-state index in [4.69, 9.17) is 0 Å². The molecule has 1 saturated heterocycles. The molecule has 2 aliphatic rings. The first kappa shape index (κ1) is 11.5. The molecule has 0 saturated carbocycles. The van der Waals surface area contributed by atoms with Gasteiger partial charge in [0.2, 0.25) is 5.91 Å². The molecule has 1 spiro atoms. The van der Waals surface area contributed by atoms with E-state index in [-0.39, 0.29) is 5.41 Å². The molecule has 1 heterocycles. The molecule has 2 heteroatoms. The summed E-state index contributed by atoms with van der Waals surface area (Å²) in [7, 11) is 1.93. The van der Waals surface area contributed by atoms with Gasteiger partial charge in [0.05, 0.1) is 5.41 Å². The van der Waals surface area contributed by atoms with Crippen LogP contribution in [0.25, 0.3) is 5.57 Å². The fraction of sp³-hybridized carbons (Fsp3) is 0.438. The predicted octanol–water partition coefficient (Wildman–Crippen LogP) is 3.10. The molecule has 1 atom stereocenters. The smallest absolute Gasteiger partial charge is 0.229 e. The Bertz CT molecular complexity index is 491. The van der Waals surface area contributed by atoms with E-state index in [1.54, 1.807) is 0 Å². The minimum atomic E-state index is -0.127. The van der Waals surface area contributed by atoms with E-state index in [0.29, 0.717) is 5.91 Å². The Balaban J connectivity index is 1.83. The second-order valence-corrected chi connectivity index (χ2v) is 5.59. The van der Waals surface area contributed by atoms with Crippen LogP contribution in [0, 0.1) is 5.41 Å². The van der Waals surface area contributed by atoms with Crippen LogP contribution in [0.5, 0.6) is 0 Å². The highest BCUT2D eigenvalue weighted by molar-refractivity contribution is 5.88. The quantitative estimate of drug-likeness (QED) is 0.740. The van der Waals surface area contributed by atoms with E-state index < -0.39 is 0 Å². The van der Waals surface area contributed by atoms with Gasteiger partial charge in [0.1, 0.15) is 0 Å². The number of carbonyl (C=O) groups excluding carboxylic acids is 1. The van der Waals surface area contributed by atoms with Gasteiger partial charge in [-0.25, -0.2) is 0 Å². The lowest BCUT2D eigenvalue weighted by Crippen LogP contribution is -2.45. The molecule has 0 bridgehead atoms. The third kappa shape index (κ3) is 1.76. The van der Waals surface area contributed by atoms with Gasteiger partial charge in [-0.3, -0.25) is 4.79 Å². The highest BCUT2D eigenvalue weighted by Gasteiger charge is 2.45. The molecule has 18 heavy (non-hydrogen) atoms. The van der Waals surface area contributed by atoms with E-state index in [1.165, 1.54) is 11.1 Å². The molecule has 1 aliphatic carbocycles. The minimum absolute atomic E-state index is 0.127. The largest absolute Gasteiger partial charge is 0.345 e. The van der Waals surface area contributed by atoms with Gasteiger partial charge < -0.3 is 4.90 Å². The molecule has 0 aromatic heterocycles. The van der Waals surface area contributed by atoms with Gasteiger partial charge in [-0.15, -0.1) is 0 Å². The molecule has 1 aromatic rings. The van der Waals surface area contributed by atoms with Crippen LogP contribution in [0.3, 0.4) is 0 Å². The highest BCUT2D eigenvalue weighted by atomic mass is 16.2. The Kier molecular flexibility index (Phi) is 2.73. The second-order valence-electron chi connectivity index (χ2n) is 5.59. The summed E-state index contributed by atoms with van der Waals surface area (Å²) in [6.45, 7) is 0.918. The number of amides is 1. The van der Waals surface area contributed by atoms with Crippen LogP contribution in [-0.2, 0) is 4.79 Å². The van der Waals surface area contributed by atoms with Crippen molar-refractivity contribution in [1.82, 2.24) is 4.90 Å². The molecule has 1 unspecified atom stereocenters. The Morgan fingerprint density at radius 1 is 1.22 bits per heavy atom. The number of hydrogen-bond acceptors (Lipinski definition) is 1. The van der Waals surface area contributed by atoms with Crippen molar-refractivity contribution in [3.8, 4) is 0 Å². The van der Waals surface area contributed by atoms with Crippen LogP contribution in [0.4, 0.5) is 0 Å². The molecular formula is C16H19NO. The molecule has 2 nitrogen and oxygen atoms in total. The lowest BCUT2D eigenvalue weighted by Gasteiger charge is -2.37. The van der Waals surface area contributed by atoms with Crippen molar-refractivity contribution in [3.63, 3.8) is 0 Å². The average Bonchev–Trinajstić information content (AvgIpc) is 2.83. The standard InChI is InChI=1S/C16H19NO/c1-17-11-5-9-16(15(17)18)10-8-14(12-16)13-6-3-2-4-7-13/h2-4,6-8H,5,9-12H2,1H3. The third-order valence-corrected chi connectivity index (χ3v) is 4.36. The van der Waals surface area contributed by atoms with E-state index in [0.717, 1.165) is 32.2 Å². The van der Waals surface area contributed by atoms with E-state index >= 15 is 0 Å². The second kappa shape index (κ2) is 4.27. The summed E-state index contributed by atoms with van der Waals surface area (Å²) < 4.78 is 0. The fourth-order valence-electron chi connectivity index (χ4n) is 3.32. The molecule has 1 aliphatic heterocycles. The van der Waals surface area contributed by atoms with Crippen LogP contribution < -0.4 is 0 Å². The Labute approximate surface area is 108 Å². The monoisotopic (exact) mass is 241 g/mol. The predicted molar refractivity (Wildman–Crippen MR) is 73.0 cm³/mol. The first-order valence-corrected chi connectivity index (χ1v) is 6.71. The highest BCUT2D eigenvalue weighted by Crippen LogP contribution is 2.47. The summed E-state index contributed by atoms with van der Waals surface area (Å²) in [6, 6.07) is 10.4. The van der Waals surface area contributed by atoms with Gasteiger partial charge in [-0.2, -0.15) is 0 Å². The summed E-state index contributed by atoms with van der Waals surface area (Å²) in [4.78, 5) is 14.3. The van der Waals surface area contributed by atoms with Gasteiger partial charge >= 0.3 is 0 Å². The summed E-state index contributed by atoms with van der Waals surface area (Å²) in [5.41, 5.74) is 2.49. The Hall–Kier alpha value is -1.57. The Morgan fingerprint density at radius 3 is 2.78 bits per heavy atom. The number of carbonyl (C=O) groups is 1. The molecule has 0 radical (unpaired) electrons. The van der Waals surface area contributed by atoms with Crippen LogP contribution in [-0.4, -0.2) is 24.4 Å². The van der Waals surface area contributed by atoms with Gasteiger partial charge in [0.25, 0.3) is 0 Å². The van der Waals surface area contributed by atoms with Crippen LogP contribution in [0.2, 0.25) is 0 Å². The van der Waals surface area contributed by atoms with E-state index in [1.807, 2.05) is 18.0 Å². The van der Waals surface area contributed by atoms with Crippen molar-refractivity contribution < 1.29 is 4.79 Å². The number of piperidine rings is 1. The third-order valence-electron chi connectivity index (χ3n) is 4.36. The molecule has 1 aromatic carbocycles. The summed E-state index contributed by atoms with van der Waals surface area (Å²) >= 11 is 0.